The molecular weight excluding hydrogens is 259 g/mol. The third-order valence-electron chi connectivity index (χ3n) is 3.91. The summed E-state index contributed by atoms with van der Waals surface area (Å²) in [6, 6.07) is 4.38. The molecule has 5 heteroatoms. The molecule has 0 radical (unpaired) electrons. The summed E-state index contributed by atoms with van der Waals surface area (Å²) in [5.41, 5.74) is 0.0480. The first-order valence-corrected chi connectivity index (χ1v) is 6.87. The Morgan fingerprint density at radius 1 is 1.45 bits per heavy atom. The second-order valence-corrected chi connectivity index (χ2v) is 5.56. The van der Waals surface area contributed by atoms with Gasteiger partial charge in [0.25, 0.3) is 5.91 Å². The molecule has 1 aromatic carbocycles. The van der Waals surface area contributed by atoms with E-state index in [-0.39, 0.29) is 16.7 Å². The molecule has 1 aliphatic rings. The number of halogens is 1. The van der Waals surface area contributed by atoms with Gasteiger partial charge < -0.3 is 15.4 Å². The van der Waals surface area contributed by atoms with Crippen molar-refractivity contribution in [3.63, 3.8) is 0 Å². The summed E-state index contributed by atoms with van der Waals surface area (Å²) in [4.78, 5) is 12.2. The Morgan fingerprint density at radius 2 is 2.15 bits per heavy atom. The van der Waals surface area contributed by atoms with Crippen LogP contribution in [0.5, 0.6) is 5.75 Å². The summed E-state index contributed by atoms with van der Waals surface area (Å²) in [5.74, 6) is -0.713. The van der Waals surface area contributed by atoms with Crippen molar-refractivity contribution in [2.75, 3.05) is 26.7 Å². The van der Waals surface area contributed by atoms with Crippen molar-refractivity contribution in [2.24, 2.45) is 5.41 Å². The number of carbonyl (C=O) groups excluding carboxylic acids is 1. The summed E-state index contributed by atoms with van der Waals surface area (Å²) in [5, 5.41) is 6.13. The van der Waals surface area contributed by atoms with Crippen molar-refractivity contribution < 1.29 is 13.9 Å². The van der Waals surface area contributed by atoms with Crippen LogP contribution < -0.4 is 15.4 Å². The SMILES string of the molecule is COc1cccc(F)c1C(=O)NCC1(C)CCNCC1. The van der Waals surface area contributed by atoms with Crippen LogP contribution >= 0.6 is 0 Å². The van der Waals surface area contributed by atoms with Gasteiger partial charge in [-0.05, 0) is 43.5 Å². The molecular formula is C15H21FN2O2. The highest BCUT2D eigenvalue weighted by Crippen LogP contribution is 2.27. The Bertz CT molecular complexity index is 485. The molecule has 0 spiro atoms. The van der Waals surface area contributed by atoms with Crippen LogP contribution in [0, 0.1) is 11.2 Å². The van der Waals surface area contributed by atoms with Crippen molar-refractivity contribution in [3.8, 4) is 5.75 Å². The lowest BCUT2D eigenvalue weighted by Gasteiger charge is -2.34. The van der Waals surface area contributed by atoms with Gasteiger partial charge >= 0.3 is 0 Å². The van der Waals surface area contributed by atoms with Gasteiger partial charge in [-0.3, -0.25) is 4.79 Å². The number of methoxy groups -OCH3 is 1. The predicted octanol–water partition coefficient (Wildman–Crippen LogP) is 1.95. The number of nitrogens with one attached hydrogen (secondary N) is 2. The average molecular weight is 280 g/mol. The summed E-state index contributed by atoms with van der Waals surface area (Å²) < 4.78 is 18.9. The number of rotatable bonds is 4. The smallest absolute Gasteiger partial charge is 0.258 e. The van der Waals surface area contributed by atoms with Gasteiger partial charge in [-0.25, -0.2) is 4.39 Å². The Balaban J connectivity index is 2.05. The first-order chi connectivity index (χ1) is 9.56. The topological polar surface area (TPSA) is 50.4 Å². The molecule has 1 aromatic rings. The van der Waals surface area contributed by atoms with E-state index in [1.165, 1.54) is 19.2 Å². The zero-order valence-electron chi connectivity index (χ0n) is 12.0. The van der Waals surface area contributed by atoms with E-state index in [0.717, 1.165) is 25.9 Å². The summed E-state index contributed by atoms with van der Waals surface area (Å²) in [6.07, 6.45) is 2.00. The van der Waals surface area contributed by atoms with Crippen LogP contribution in [-0.2, 0) is 0 Å². The van der Waals surface area contributed by atoms with Crippen LogP contribution in [0.15, 0.2) is 18.2 Å². The number of benzene rings is 1. The van der Waals surface area contributed by atoms with Crippen molar-refractivity contribution in [3.05, 3.63) is 29.6 Å². The van der Waals surface area contributed by atoms with E-state index in [9.17, 15) is 9.18 Å². The number of hydrogen-bond acceptors (Lipinski definition) is 3. The standard InChI is InChI=1S/C15H21FN2O2/c1-15(6-8-17-9-7-15)10-18-14(19)13-11(16)4-3-5-12(13)20-2/h3-5,17H,6-10H2,1-2H3,(H,18,19). The molecule has 1 heterocycles. The van der Waals surface area contributed by atoms with Crippen LogP contribution in [-0.4, -0.2) is 32.7 Å². The minimum Gasteiger partial charge on any atom is -0.496 e. The lowest BCUT2D eigenvalue weighted by atomic mass is 9.81. The predicted molar refractivity (Wildman–Crippen MR) is 75.5 cm³/mol. The number of amides is 1. The largest absolute Gasteiger partial charge is 0.496 e. The van der Waals surface area contributed by atoms with Gasteiger partial charge in [0.2, 0.25) is 0 Å². The monoisotopic (exact) mass is 280 g/mol. The lowest BCUT2D eigenvalue weighted by Crippen LogP contribution is -2.43. The Labute approximate surface area is 118 Å². The second kappa shape index (κ2) is 6.22. The maximum absolute atomic E-state index is 13.8. The van der Waals surface area contributed by atoms with Gasteiger partial charge in [0, 0.05) is 6.54 Å². The Morgan fingerprint density at radius 3 is 2.80 bits per heavy atom. The van der Waals surface area contributed by atoms with E-state index in [1.54, 1.807) is 6.07 Å². The van der Waals surface area contributed by atoms with Crippen molar-refractivity contribution in [1.82, 2.24) is 10.6 Å². The molecule has 2 N–H and O–H groups in total. The zero-order chi connectivity index (χ0) is 14.6. The van der Waals surface area contributed by atoms with Gasteiger partial charge in [-0.15, -0.1) is 0 Å². The maximum atomic E-state index is 13.8. The third-order valence-corrected chi connectivity index (χ3v) is 3.91. The normalized spacial score (nSPS) is 17.6. The minimum atomic E-state index is -0.558. The van der Waals surface area contributed by atoms with Gasteiger partial charge in [0.15, 0.2) is 0 Å². The van der Waals surface area contributed by atoms with E-state index < -0.39 is 11.7 Å². The van der Waals surface area contributed by atoms with Crippen LogP contribution in [0.25, 0.3) is 0 Å². The van der Waals surface area contributed by atoms with Gasteiger partial charge in [0.05, 0.1) is 7.11 Å². The summed E-state index contributed by atoms with van der Waals surface area (Å²) >= 11 is 0. The molecule has 1 aliphatic heterocycles. The molecule has 1 amide bonds. The summed E-state index contributed by atoms with van der Waals surface area (Å²) in [7, 11) is 1.43. The minimum absolute atomic E-state index is 0.0208. The quantitative estimate of drug-likeness (QED) is 0.886. The van der Waals surface area contributed by atoms with Crippen LogP contribution in [0.2, 0.25) is 0 Å². The number of hydrogen-bond donors (Lipinski definition) is 2. The van der Waals surface area contributed by atoms with Crippen LogP contribution in [0.3, 0.4) is 0 Å². The van der Waals surface area contributed by atoms with Gasteiger partial charge in [0.1, 0.15) is 17.1 Å². The molecule has 110 valence electrons. The van der Waals surface area contributed by atoms with E-state index in [4.69, 9.17) is 4.74 Å². The van der Waals surface area contributed by atoms with Crippen LogP contribution in [0.1, 0.15) is 30.1 Å². The highest BCUT2D eigenvalue weighted by Gasteiger charge is 2.28. The molecule has 0 saturated carbocycles. The van der Waals surface area contributed by atoms with Crippen molar-refractivity contribution in [1.29, 1.82) is 0 Å². The summed E-state index contributed by atoms with van der Waals surface area (Å²) in [6.45, 7) is 4.60. The third kappa shape index (κ3) is 3.28. The lowest BCUT2D eigenvalue weighted by molar-refractivity contribution is 0.0915. The van der Waals surface area contributed by atoms with Crippen molar-refractivity contribution >= 4 is 5.91 Å². The Kier molecular flexibility index (Phi) is 4.60. The molecule has 0 aromatic heterocycles. The molecule has 0 aliphatic carbocycles. The van der Waals surface area contributed by atoms with E-state index in [1.807, 2.05) is 0 Å². The molecule has 0 atom stereocenters. The van der Waals surface area contributed by atoms with Crippen molar-refractivity contribution in [2.45, 2.75) is 19.8 Å². The first kappa shape index (κ1) is 14.8. The van der Waals surface area contributed by atoms with E-state index in [0.29, 0.717) is 6.54 Å². The molecule has 20 heavy (non-hydrogen) atoms. The fourth-order valence-electron chi connectivity index (χ4n) is 2.48. The highest BCUT2D eigenvalue weighted by atomic mass is 19.1. The fourth-order valence-corrected chi connectivity index (χ4v) is 2.48. The van der Waals surface area contributed by atoms with Crippen LogP contribution in [0.4, 0.5) is 4.39 Å². The first-order valence-electron chi connectivity index (χ1n) is 6.87. The van der Waals surface area contributed by atoms with E-state index in [2.05, 4.69) is 17.6 Å². The number of piperidine rings is 1. The van der Waals surface area contributed by atoms with Gasteiger partial charge in [-0.1, -0.05) is 13.0 Å². The fraction of sp³-hybridized carbons (Fsp3) is 0.533. The number of carbonyl (C=O) groups is 1. The molecule has 1 saturated heterocycles. The number of ether oxygens (including phenoxy) is 1. The second-order valence-electron chi connectivity index (χ2n) is 5.56. The van der Waals surface area contributed by atoms with Gasteiger partial charge in [-0.2, -0.15) is 0 Å². The molecule has 0 bridgehead atoms. The highest BCUT2D eigenvalue weighted by molar-refractivity contribution is 5.97. The average Bonchev–Trinajstić information content (AvgIpc) is 2.45. The zero-order valence-corrected chi connectivity index (χ0v) is 12.0. The molecule has 4 nitrogen and oxygen atoms in total. The maximum Gasteiger partial charge on any atom is 0.258 e. The molecule has 0 unspecified atom stereocenters. The Hall–Kier alpha value is -1.62. The van der Waals surface area contributed by atoms with E-state index >= 15 is 0 Å². The molecule has 1 fully saturated rings. The molecule has 2 rings (SSSR count).